The van der Waals surface area contributed by atoms with Gasteiger partial charge in [-0.2, -0.15) is 10.1 Å². The van der Waals surface area contributed by atoms with Crippen molar-refractivity contribution in [3.63, 3.8) is 0 Å². The third-order valence-corrected chi connectivity index (χ3v) is 5.99. The predicted octanol–water partition coefficient (Wildman–Crippen LogP) is 4.29. The van der Waals surface area contributed by atoms with E-state index in [1.807, 2.05) is 47.7 Å². The third kappa shape index (κ3) is 6.25. The van der Waals surface area contributed by atoms with Gasteiger partial charge in [0.25, 0.3) is 0 Å². The summed E-state index contributed by atoms with van der Waals surface area (Å²) in [5.41, 5.74) is 1.48. The van der Waals surface area contributed by atoms with Crippen molar-refractivity contribution >= 4 is 35.2 Å². The summed E-state index contributed by atoms with van der Waals surface area (Å²) in [5, 5.41) is 10.8. The molecule has 4 rings (SSSR count). The molecule has 4 heterocycles. The number of amides is 1. The molecule has 1 aliphatic rings. The minimum absolute atomic E-state index is 0.0854. The molecular formula is C25H34FN9O2. The Hall–Kier alpha value is -3.96. The molecule has 0 saturated carbocycles. The van der Waals surface area contributed by atoms with Gasteiger partial charge in [0.1, 0.15) is 17.2 Å². The Labute approximate surface area is 216 Å². The number of piperazine rings is 1. The lowest BCUT2D eigenvalue weighted by Gasteiger charge is -2.41. The summed E-state index contributed by atoms with van der Waals surface area (Å²) in [4.78, 5) is 29.9. The maximum Gasteiger partial charge on any atom is 0.410 e. The summed E-state index contributed by atoms with van der Waals surface area (Å²) in [6, 6.07) is 4.72. The van der Waals surface area contributed by atoms with Gasteiger partial charge in [0.15, 0.2) is 11.6 Å². The quantitative estimate of drug-likeness (QED) is 0.518. The zero-order valence-electron chi connectivity index (χ0n) is 22.3. The first-order valence-electron chi connectivity index (χ1n) is 12.2. The molecule has 1 atom stereocenters. The normalized spacial score (nSPS) is 16.1. The van der Waals surface area contributed by atoms with Crippen molar-refractivity contribution in [1.29, 1.82) is 0 Å². The smallest absolute Gasteiger partial charge is 0.410 e. The standard InChI is InChI=1S/C25H34FN9O2/c1-15-12-21(32-33(15)7)29-22-19(13-27-23(31-22)30-20-9-8-18(26)17(3)28-20)34-10-11-35(16(2)14-34)24(36)37-25(4,5)6/h8-9,12-13,16H,10-11,14H2,1-7H3,(H2,27,28,29,30,31,32)/t16-/m1/s1. The predicted molar refractivity (Wildman–Crippen MR) is 140 cm³/mol. The largest absolute Gasteiger partial charge is 0.444 e. The SMILES string of the molecule is Cc1nc(Nc2ncc(N3CCN(C(=O)OC(C)(C)C)[C@H](C)C3)c(Nc3cc(C)n(C)n3)n2)ccc1F. The maximum absolute atomic E-state index is 13.6. The van der Waals surface area contributed by atoms with Gasteiger partial charge in [-0.15, -0.1) is 0 Å². The van der Waals surface area contributed by atoms with Crippen molar-refractivity contribution in [1.82, 2.24) is 29.6 Å². The van der Waals surface area contributed by atoms with Crippen LogP contribution in [0, 0.1) is 19.7 Å². The molecule has 0 bridgehead atoms. The van der Waals surface area contributed by atoms with Gasteiger partial charge in [0.2, 0.25) is 5.95 Å². The first kappa shape index (κ1) is 26.1. The number of ether oxygens (including phenoxy) is 1. The molecule has 3 aromatic rings. The molecule has 3 aromatic heterocycles. The van der Waals surface area contributed by atoms with E-state index >= 15 is 0 Å². The van der Waals surface area contributed by atoms with Crippen LogP contribution in [-0.2, 0) is 11.8 Å². The van der Waals surface area contributed by atoms with Gasteiger partial charge < -0.3 is 25.2 Å². The van der Waals surface area contributed by atoms with Crippen LogP contribution in [0.15, 0.2) is 24.4 Å². The lowest BCUT2D eigenvalue weighted by atomic mass is 10.1. The van der Waals surface area contributed by atoms with Crippen LogP contribution in [0.4, 0.5) is 38.3 Å². The number of aryl methyl sites for hydroxylation is 3. The monoisotopic (exact) mass is 511 g/mol. The highest BCUT2D eigenvalue weighted by atomic mass is 19.1. The molecule has 0 aromatic carbocycles. The van der Waals surface area contributed by atoms with Crippen molar-refractivity contribution in [2.45, 2.75) is 53.2 Å². The summed E-state index contributed by atoms with van der Waals surface area (Å²) in [6.07, 6.45) is 1.40. The fourth-order valence-corrected chi connectivity index (χ4v) is 4.00. The van der Waals surface area contributed by atoms with Gasteiger partial charge in [0, 0.05) is 44.5 Å². The Kier molecular flexibility index (Phi) is 7.19. The number of halogens is 1. The average Bonchev–Trinajstić information content (AvgIpc) is 3.11. The zero-order valence-corrected chi connectivity index (χ0v) is 22.3. The van der Waals surface area contributed by atoms with Crippen LogP contribution in [0.25, 0.3) is 0 Å². The topological polar surface area (TPSA) is 113 Å². The number of anilines is 5. The number of carbonyl (C=O) groups excluding carboxylic acids is 1. The van der Waals surface area contributed by atoms with Crippen molar-refractivity contribution in [2.75, 3.05) is 35.2 Å². The summed E-state index contributed by atoms with van der Waals surface area (Å²) in [7, 11) is 1.87. The number of aromatic nitrogens is 5. The van der Waals surface area contributed by atoms with Crippen molar-refractivity contribution in [3.05, 3.63) is 41.6 Å². The van der Waals surface area contributed by atoms with Crippen LogP contribution >= 0.6 is 0 Å². The van der Waals surface area contributed by atoms with Crippen LogP contribution in [0.2, 0.25) is 0 Å². The third-order valence-electron chi connectivity index (χ3n) is 5.99. The van der Waals surface area contributed by atoms with E-state index in [9.17, 15) is 9.18 Å². The number of carbonyl (C=O) groups is 1. The Morgan fingerprint density at radius 2 is 1.89 bits per heavy atom. The van der Waals surface area contributed by atoms with E-state index in [0.29, 0.717) is 43.0 Å². The second-order valence-electron chi connectivity index (χ2n) is 10.2. The lowest BCUT2D eigenvalue weighted by Crippen LogP contribution is -2.55. The van der Waals surface area contributed by atoms with Gasteiger partial charge >= 0.3 is 6.09 Å². The van der Waals surface area contributed by atoms with Crippen molar-refractivity contribution < 1.29 is 13.9 Å². The van der Waals surface area contributed by atoms with Gasteiger partial charge in [-0.3, -0.25) is 4.68 Å². The van der Waals surface area contributed by atoms with E-state index in [4.69, 9.17) is 9.72 Å². The molecule has 1 saturated heterocycles. The minimum atomic E-state index is -0.555. The van der Waals surface area contributed by atoms with Crippen molar-refractivity contribution in [3.8, 4) is 0 Å². The van der Waals surface area contributed by atoms with Crippen LogP contribution < -0.4 is 15.5 Å². The van der Waals surface area contributed by atoms with Crippen LogP contribution in [0.3, 0.4) is 0 Å². The Morgan fingerprint density at radius 1 is 1.14 bits per heavy atom. The Bertz CT molecular complexity index is 1270. The average molecular weight is 512 g/mol. The van der Waals surface area contributed by atoms with Gasteiger partial charge in [-0.1, -0.05) is 0 Å². The minimum Gasteiger partial charge on any atom is -0.444 e. The maximum atomic E-state index is 13.6. The highest BCUT2D eigenvalue weighted by molar-refractivity contribution is 5.73. The number of nitrogens with zero attached hydrogens (tertiary/aromatic N) is 7. The molecule has 1 fully saturated rings. The fourth-order valence-electron chi connectivity index (χ4n) is 4.00. The van der Waals surface area contributed by atoms with E-state index < -0.39 is 5.60 Å². The van der Waals surface area contributed by atoms with Crippen LogP contribution in [-0.4, -0.2) is 67.0 Å². The van der Waals surface area contributed by atoms with Crippen LogP contribution in [0.5, 0.6) is 0 Å². The van der Waals surface area contributed by atoms with E-state index in [1.54, 1.807) is 22.7 Å². The molecule has 0 spiro atoms. The van der Waals surface area contributed by atoms with E-state index in [1.165, 1.54) is 12.1 Å². The Morgan fingerprint density at radius 3 is 2.51 bits per heavy atom. The molecule has 12 heteroatoms. The lowest BCUT2D eigenvalue weighted by molar-refractivity contribution is 0.0159. The second-order valence-corrected chi connectivity index (χ2v) is 10.2. The highest BCUT2D eigenvalue weighted by Crippen LogP contribution is 2.30. The molecular weight excluding hydrogens is 477 g/mol. The molecule has 2 N–H and O–H groups in total. The first-order chi connectivity index (χ1) is 17.4. The first-order valence-corrected chi connectivity index (χ1v) is 12.2. The molecule has 0 radical (unpaired) electrons. The number of hydrogen-bond acceptors (Lipinski definition) is 9. The highest BCUT2D eigenvalue weighted by Gasteiger charge is 2.32. The second kappa shape index (κ2) is 10.2. The van der Waals surface area contributed by atoms with E-state index in [-0.39, 0.29) is 23.6 Å². The molecule has 11 nitrogen and oxygen atoms in total. The van der Waals surface area contributed by atoms with E-state index in [2.05, 4.69) is 30.6 Å². The van der Waals surface area contributed by atoms with Crippen molar-refractivity contribution in [2.24, 2.45) is 7.05 Å². The molecule has 0 unspecified atom stereocenters. The zero-order chi connectivity index (χ0) is 26.9. The summed E-state index contributed by atoms with van der Waals surface area (Å²) < 4.78 is 21.0. The van der Waals surface area contributed by atoms with Gasteiger partial charge in [-0.05, 0) is 53.7 Å². The molecule has 0 aliphatic carbocycles. The number of nitrogens with one attached hydrogen (secondary N) is 2. The van der Waals surface area contributed by atoms with Crippen LogP contribution in [0.1, 0.15) is 39.1 Å². The number of hydrogen-bond donors (Lipinski definition) is 2. The molecule has 1 amide bonds. The molecule has 198 valence electrons. The number of rotatable bonds is 5. The number of pyridine rings is 1. The molecule has 1 aliphatic heterocycles. The van der Waals surface area contributed by atoms with Gasteiger partial charge in [-0.25, -0.2) is 19.2 Å². The summed E-state index contributed by atoms with van der Waals surface area (Å²) >= 11 is 0. The van der Waals surface area contributed by atoms with E-state index in [0.717, 1.165) is 11.4 Å². The molecule has 37 heavy (non-hydrogen) atoms. The summed E-state index contributed by atoms with van der Waals surface area (Å²) in [5.74, 6) is 1.55. The van der Waals surface area contributed by atoms with Gasteiger partial charge in [0.05, 0.1) is 17.6 Å². The fraction of sp³-hybridized carbons (Fsp3) is 0.480. The Balaban J connectivity index is 1.59. The summed E-state index contributed by atoms with van der Waals surface area (Å²) in [6.45, 7) is 12.8.